The highest BCUT2D eigenvalue weighted by Gasteiger charge is 2.16. The number of carboxylic acid groups (broad SMARTS) is 1. The van der Waals surface area contributed by atoms with Crippen LogP contribution in [0.1, 0.15) is 15.9 Å². The third-order valence-corrected chi connectivity index (χ3v) is 2.92. The summed E-state index contributed by atoms with van der Waals surface area (Å²) >= 11 is 5.77. The van der Waals surface area contributed by atoms with Crippen LogP contribution in [0, 0.1) is 11.6 Å². The fourth-order valence-electron chi connectivity index (χ4n) is 1.65. The molecule has 2 rings (SSSR count). The molecule has 0 spiro atoms. The highest BCUT2D eigenvalue weighted by Crippen LogP contribution is 2.27. The van der Waals surface area contributed by atoms with Crippen LogP contribution in [0.25, 0.3) is 0 Å². The Labute approximate surface area is 118 Å². The number of hydrogen-bond donors (Lipinski definition) is 1. The minimum Gasteiger partial charge on any atom is -0.488 e. The molecule has 104 valence electrons. The van der Waals surface area contributed by atoms with E-state index < -0.39 is 17.6 Å². The largest absolute Gasteiger partial charge is 0.488 e. The summed E-state index contributed by atoms with van der Waals surface area (Å²) in [5.74, 6) is -3.28. The number of carbonyl (C=O) groups is 1. The predicted octanol–water partition coefficient (Wildman–Crippen LogP) is 3.90. The number of rotatable bonds is 4. The lowest BCUT2D eigenvalue weighted by Gasteiger charge is -2.10. The van der Waals surface area contributed by atoms with E-state index in [0.29, 0.717) is 0 Å². The Morgan fingerprint density at radius 1 is 1.20 bits per heavy atom. The molecule has 0 heterocycles. The van der Waals surface area contributed by atoms with Gasteiger partial charge >= 0.3 is 5.97 Å². The van der Waals surface area contributed by atoms with E-state index in [0.717, 1.165) is 6.07 Å². The third kappa shape index (κ3) is 2.88. The van der Waals surface area contributed by atoms with Crippen molar-refractivity contribution in [3.05, 3.63) is 64.2 Å². The second-order valence-electron chi connectivity index (χ2n) is 3.92. The van der Waals surface area contributed by atoms with E-state index in [1.165, 1.54) is 30.3 Å². The van der Waals surface area contributed by atoms with E-state index in [4.69, 9.17) is 21.4 Å². The molecule has 0 aliphatic heterocycles. The van der Waals surface area contributed by atoms with Gasteiger partial charge < -0.3 is 9.84 Å². The lowest BCUT2D eigenvalue weighted by molar-refractivity contribution is 0.0692. The normalized spacial score (nSPS) is 10.3. The van der Waals surface area contributed by atoms with Crippen LogP contribution in [-0.4, -0.2) is 11.1 Å². The van der Waals surface area contributed by atoms with Crippen molar-refractivity contribution < 1.29 is 23.4 Å². The topological polar surface area (TPSA) is 46.5 Å². The summed E-state index contributed by atoms with van der Waals surface area (Å²) < 4.78 is 31.7. The standard InChI is InChI=1S/C14H9ClF2O3/c15-9-4-2-6-11(12(9)14(18)19)20-7-8-3-1-5-10(16)13(8)17/h1-6H,7H2,(H,18,19). The van der Waals surface area contributed by atoms with Gasteiger partial charge in [-0.1, -0.05) is 29.8 Å². The van der Waals surface area contributed by atoms with E-state index in [1.807, 2.05) is 0 Å². The van der Waals surface area contributed by atoms with Gasteiger partial charge in [-0.05, 0) is 18.2 Å². The predicted molar refractivity (Wildman–Crippen MR) is 69.1 cm³/mol. The Morgan fingerprint density at radius 2 is 1.90 bits per heavy atom. The van der Waals surface area contributed by atoms with Crippen molar-refractivity contribution in [1.29, 1.82) is 0 Å². The van der Waals surface area contributed by atoms with Crippen molar-refractivity contribution >= 4 is 17.6 Å². The minimum atomic E-state index is -1.26. The Balaban J connectivity index is 2.26. The van der Waals surface area contributed by atoms with Gasteiger partial charge in [0.25, 0.3) is 0 Å². The maximum atomic E-state index is 13.4. The number of carboxylic acids is 1. The van der Waals surface area contributed by atoms with Crippen molar-refractivity contribution in [3.8, 4) is 5.75 Å². The Morgan fingerprint density at radius 3 is 2.60 bits per heavy atom. The summed E-state index contributed by atoms with van der Waals surface area (Å²) in [6.07, 6.45) is 0. The van der Waals surface area contributed by atoms with Crippen molar-refractivity contribution in [1.82, 2.24) is 0 Å². The lowest BCUT2D eigenvalue weighted by atomic mass is 10.2. The summed E-state index contributed by atoms with van der Waals surface area (Å²) in [7, 11) is 0. The molecule has 0 saturated carbocycles. The summed E-state index contributed by atoms with van der Waals surface area (Å²) in [6, 6.07) is 7.98. The average Bonchev–Trinajstić information content (AvgIpc) is 2.40. The SMILES string of the molecule is O=C(O)c1c(Cl)cccc1OCc1cccc(F)c1F. The van der Waals surface area contributed by atoms with Crippen molar-refractivity contribution in [2.75, 3.05) is 0 Å². The zero-order chi connectivity index (χ0) is 14.7. The van der Waals surface area contributed by atoms with Crippen molar-refractivity contribution in [2.24, 2.45) is 0 Å². The second-order valence-corrected chi connectivity index (χ2v) is 4.33. The fourth-order valence-corrected chi connectivity index (χ4v) is 1.89. The molecule has 0 amide bonds. The van der Waals surface area contributed by atoms with Gasteiger partial charge in [-0.3, -0.25) is 0 Å². The minimum absolute atomic E-state index is 0.00587. The van der Waals surface area contributed by atoms with Crippen molar-refractivity contribution in [2.45, 2.75) is 6.61 Å². The van der Waals surface area contributed by atoms with Crippen molar-refractivity contribution in [3.63, 3.8) is 0 Å². The highest BCUT2D eigenvalue weighted by atomic mass is 35.5. The maximum absolute atomic E-state index is 13.4. The molecule has 0 fully saturated rings. The van der Waals surface area contributed by atoms with E-state index in [9.17, 15) is 13.6 Å². The van der Waals surface area contributed by atoms with E-state index in [1.54, 1.807) is 0 Å². The third-order valence-electron chi connectivity index (χ3n) is 2.60. The molecule has 0 aliphatic rings. The molecule has 0 radical (unpaired) electrons. The zero-order valence-corrected chi connectivity index (χ0v) is 10.8. The first-order valence-electron chi connectivity index (χ1n) is 5.58. The number of hydrogen-bond acceptors (Lipinski definition) is 2. The zero-order valence-electron chi connectivity index (χ0n) is 10.1. The van der Waals surface area contributed by atoms with Crippen LogP contribution >= 0.6 is 11.6 Å². The summed E-state index contributed by atoms with van der Waals surface area (Å²) in [5, 5.41) is 9.05. The molecule has 0 aromatic heterocycles. The first-order valence-corrected chi connectivity index (χ1v) is 5.96. The number of benzene rings is 2. The van der Waals surface area contributed by atoms with Gasteiger partial charge in [0.1, 0.15) is 17.9 Å². The molecule has 0 aliphatic carbocycles. The summed E-state index contributed by atoms with van der Waals surface area (Å²) in [4.78, 5) is 11.1. The molecule has 0 unspecified atom stereocenters. The average molecular weight is 299 g/mol. The van der Waals surface area contributed by atoms with Crippen LogP contribution in [0.3, 0.4) is 0 Å². The number of ether oxygens (including phenoxy) is 1. The van der Waals surface area contributed by atoms with Crippen LogP contribution in [0.2, 0.25) is 5.02 Å². The van der Waals surface area contributed by atoms with Crippen LogP contribution in [-0.2, 0) is 6.61 Å². The van der Waals surface area contributed by atoms with Gasteiger partial charge in [-0.15, -0.1) is 0 Å². The van der Waals surface area contributed by atoms with E-state index in [2.05, 4.69) is 0 Å². The Bertz CT molecular complexity index is 659. The van der Waals surface area contributed by atoms with E-state index >= 15 is 0 Å². The molecule has 3 nitrogen and oxygen atoms in total. The molecule has 0 bridgehead atoms. The molecule has 6 heteroatoms. The molecule has 2 aromatic carbocycles. The lowest BCUT2D eigenvalue weighted by Crippen LogP contribution is -2.05. The molecule has 1 N–H and O–H groups in total. The first-order chi connectivity index (χ1) is 9.50. The molecule has 0 saturated heterocycles. The summed E-state index contributed by atoms with van der Waals surface area (Å²) in [6.45, 7) is -0.301. The van der Waals surface area contributed by atoms with Gasteiger partial charge in [0.15, 0.2) is 11.6 Å². The second kappa shape index (κ2) is 5.88. The number of aromatic carboxylic acids is 1. The monoisotopic (exact) mass is 298 g/mol. The van der Waals surface area contributed by atoms with Gasteiger partial charge in [0, 0.05) is 5.56 Å². The van der Waals surface area contributed by atoms with Gasteiger partial charge in [0.2, 0.25) is 0 Å². The van der Waals surface area contributed by atoms with Crippen LogP contribution in [0.15, 0.2) is 36.4 Å². The fraction of sp³-hybridized carbons (Fsp3) is 0.0714. The molecule has 0 atom stereocenters. The highest BCUT2D eigenvalue weighted by molar-refractivity contribution is 6.33. The molecule has 20 heavy (non-hydrogen) atoms. The molecular formula is C14H9ClF2O3. The maximum Gasteiger partial charge on any atom is 0.341 e. The van der Waals surface area contributed by atoms with Gasteiger partial charge in [-0.2, -0.15) is 0 Å². The number of halogens is 3. The van der Waals surface area contributed by atoms with Crippen LogP contribution in [0.5, 0.6) is 5.75 Å². The Kier molecular flexibility index (Phi) is 4.20. The summed E-state index contributed by atoms with van der Waals surface area (Å²) in [5.41, 5.74) is -0.229. The van der Waals surface area contributed by atoms with Crippen LogP contribution in [0.4, 0.5) is 8.78 Å². The van der Waals surface area contributed by atoms with Gasteiger partial charge in [0.05, 0.1) is 5.02 Å². The smallest absolute Gasteiger partial charge is 0.341 e. The first kappa shape index (κ1) is 14.3. The molecular weight excluding hydrogens is 290 g/mol. The van der Waals surface area contributed by atoms with E-state index in [-0.39, 0.29) is 28.5 Å². The Hall–Kier alpha value is -2.14. The van der Waals surface area contributed by atoms with Gasteiger partial charge in [-0.25, -0.2) is 13.6 Å². The van der Waals surface area contributed by atoms with Crippen LogP contribution < -0.4 is 4.74 Å². The quantitative estimate of drug-likeness (QED) is 0.931. The molecule has 2 aromatic rings.